The van der Waals surface area contributed by atoms with Gasteiger partial charge in [0.05, 0.1) is 12.2 Å². The number of benzene rings is 1. The highest BCUT2D eigenvalue weighted by Crippen LogP contribution is 2.35. The molecule has 9 heteroatoms. The fourth-order valence-electron chi connectivity index (χ4n) is 1.83. The molecular weight excluding hydrogens is 311 g/mol. The lowest BCUT2D eigenvalue weighted by molar-refractivity contribution is -0.279. The van der Waals surface area contributed by atoms with Crippen LogP contribution in [-0.4, -0.2) is 30.7 Å². The van der Waals surface area contributed by atoms with E-state index < -0.39 is 24.7 Å². The molecule has 0 saturated carbocycles. The Balaban J connectivity index is 1.98. The second kappa shape index (κ2) is 5.71. The van der Waals surface area contributed by atoms with Gasteiger partial charge in [0.2, 0.25) is 0 Å². The second-order valence-corrected chi connectivity index (χ2v) is 4.89. The normalized spacial score (nSPS) is 18.5. The smallest absolute Gasteiger partial charge is 0.454 e. The first-order valence-corrected chi connectivity index (χ1v) is 6.36. The van der Waals surface area contributed by atoms with Gasteiger partial charge in [-0.1, -0.05) is 6.07 Å². The first-order chi connectivity index (χ1) is 10.1. The van der Waals surface area contributed by atoms with Gasteiger partial charge in [-0.2, -0.15) is 22.0 Å². The van der Waals surface area contributed by atoms with Crippen molar-refractivity contribution in [2.75, 3.05) is 11.9 Å². The average Bonchev–Trinajstić information content (AvgIpc) is 2.39. The Bertz CT molecular complexity index is 574. The van der Waals surface area contributed by atoms with Gasteiger partial charge < -0.3 is 15.4 Å². The number of carbonyl (C=O) groups is 1. The molecule has 1 amide bonds. The van der Waals surface area contributed by atoms with Gasteiger partial charge in [0.25, 0.3) is 5.91 Å². The summed E-state index contributed by atoms with van der Waals surface area (Å²) >= 11 is 0. The molecule has 0 unspecified atom stereocenters. The summed E-state index contributed by atoms with van der Waals surface area (Å²) in [6.45, 7) is -0.162. The Morgan fingerprint density at radius 1 is 1.27 bits per heavy atom. The molecule has 1 atom stereocenters. The van der Waals surface area contributed by atoms with E-state index in [9.17, 15) is 26.7 Å². The number of alkyl halides is 5. The number of hydrogen-bond acceptors (Lipinski definition) is 3. The van der Waals surface area contributed by atoms with Gasteiger partial charge in [-0.05, 0) is 24.6 Å². The maximum absolute atomic E-state index is 12.7. The van der Waals surface area contributed by atoms with Gasteiger partial charge in [-0.25, -0.2) is 0 Å². The average molecular weight is 324 g/mol. The van der Waals surface area contributed by atoms with E-state index in [1.165, 1.54) is 18.2 Å². The van der Waals surface area contributed by atoms with E-state index in [4.69, 9.17) is 4.74 Å². The third-order valence-corrected chi connectivity index (χ3v) is 3.07. The summed E-state index contributed by atoms with van der Waals surface area (Å²) in [6.07, 6.45) is -6.24. The Morgan fingerprint density at radius 2 is 1.95 bits per heavy atom. The van der Waals surface area contributed by atoms with Gasteiger partial charge in [0, 0.05) is 6.54 Å². The van der Waals surface area contributed by atoms with E-state index in [0.29, 0.717) is 17.0 Å². The molecule has 0 bridgehead atoms. The number of amides is 1. The van der Waals surface area contributed by atoms with Crippen molar-refractivity contribution in [3.05, 3.63) is 23.8 Å². The van der Waals surface area contributed by atoms with E-state index in [1.807, 2.05) is 0 Å². The summed E-state index contributed by atoms with van der Waals surface area (Å²) in [5.41, 5.74) is 0.792. The van der Waals surface area contributed by atoms with Crippen LogP contribution in [0.4, 0.5) is 27.6 Å². The number of carbonyl (C=O) groups excluding carboxylic acids is 1. The van der Waals surface area contributed by atoms with E-state index in [0.717, 1.165) is 0 Å². The van der Waals surface area contributed by atoms with Crippen LogP contribution >= 0.6 is 0 Å². The molecule has 1 aliphatic rings. The lowest BCUT2D eigenvalue weighted by atomic mass is 10.1. The molecule has 1 heterocycles. The van der Waals surface area contributed by atoms with E-state index >= 15 is 0 Å². The monoisotopic (exact) mass is 324 g/mol. The molecule has 0 aliphatic carbocycles. The first-order valence-electron chi connectivity index (χ1n) is 6.36. The zero-order valence-electron chi connectivity index (χ0n) is 11.4. The van der Waals surface area contributed by atoms with Crippen molar-refractivity contribution in [2.45, 2.75) is 31.7 Å². The minimum atomic E-state index is -5.59. The SMILES string of the molecule is C[C@H]1Oc2ccc(CNCC(F)(F)C(F)(F)F)cc2NC1=O. The molecule has 2 N–H and O–H groups in total. The highest BCUT2D eigenvalue weighted by Gasteiger charge is 2.56. The molecule has 1 aromatic carbocycles. The summed E-state index contributed by atoms with van der Waals surface area (Å²) in [4.78, 5) is 11.4. The lowest BCUT2D eigenvalue weighted by Crippen LogP contribution is -2.45. The molecule has 22 heavy (non-hydrogen) atoms. The van der Waals surface area contributed by atoms with E-state index in [1.54, 1.807) is 6.92 Å². The first kappa shape index (κ1) is 16.5. The standard InChI is InChI=1S/C13H13F5N2O2/c1-7-11(21)20-9-4-8(2-3-10(9)22-7)5-19-6-12(14,15)13(16,17)18/h2-4,7,19H,5-6H2,1H3,(H,20,21)/t7-/m1/s1. The number of anilines is 1. The molecule has 1 aromatic rings. The van der Waals surface area contributed by atoms with Crippen molar-refractivity contribution in [1.82, 2.24) is 5.32 Å². The zero-order chi connectivity index (χ0) is 16.5. The molecular formula is C13H13F5N2O2. The van der Waals surface area contributed by atoms with Crippen molar-refractivity contribution in [1.29, 1.82) is 0 Å². The molecule has 122 valence electrons. The summed E-state index contributed by atoms with van der Waals surface area (Å²) in [7, 11) is 0. The molecule has 2 rings (SSSR count). The van der Waals surface area contributed by atoms with Gasteiger partial charge in [0.1, 0.15) is 5.75 Å². The third kappa shape index (κ3) is 3.46. The molecule has 0 fully saturated rings. The van der Waals surface area contributed by atoms with Crippen LogP contribution in [0.2, 0.25) is 0 Å². The third-order valence-electron chi connectivity index (χ3n) is 3.07. The lowest BCUT2D eigenvalue weighted by Gasteiger charge is -2.24. The van der Waals surface area contributed by atoms with Gasteiger partial charge >= 0.3 is 12.1 Å². The summed E-state index contributed by atoms with van der Waals surface area (Å²) in [6, 6.07) is 4.49. The molecule has 0 radical (unpaired) electrons. The van der Waals surface area contributed by atoms with E-state index in [-0.39, 0.29) is 12.5 Å². The van der Waals surface area contributed by atoms with Crippen LogP contribution in [0.5, 0.6) is 5.75 Å². The largest absolute Gasteiger partial charge is 0.479 e. The minimum absolute atomic E-state index is 0.204. The van der Waals surface area contributed by atoms with Crippen LogP contribution in [0.25, 0.3) is 0 Å². The molecule has 1 aliphatic heterocycles. The van der Waals surface area contributed by atoms with Crippen LogP contribution in [-0.2, 0) is 11.3 Å². The Labute approximate surface area is 122 Å². The quantitative estimate of drug-likeness (QED) is 0.837. The van der Waals surface area contributed by atoms with Crippen LogP contribution < -0.4 is 15.4 Å². The maximum atomic E-state index is 12.7. The topological polar surface area (TPSA) is 50.4 Å². The number of ether oxygens (including phenoxy) is 1. The molecule has 0 aromatic heterocycles. The van der Waals surface area contributed by atoms with Crippen molar-refractivity contribution in [3.8, 4) is 5.75 Å². The Hall–Kier alpha value is -1.90. The van der Waals surface area contributed by atoms with Crippen molar-refractivity contribution >= 4 is 11.6 Å². The van der Waals surface area contributed by atoms with Crippen LogP contribution in [0.1, 0.15) is 12.5 Å². The minimum Gasteiger partial charge on any atom is -0.479 e. The predicted octanol–water partition coefficient (Wildman–Crippen LogP) is 2.69. The summed E-state index contributed by atoms with van der Waals surface area (Å²) in [5, 5.41) is 4.61. The number of fused-ring (bicyclic) bond motifs is 1. The Kier molecular flexibility index (Phi) is 4.28. The van der Waals surface area contributed by atoms with Gasteiger partial charge in [0.15, 0.2) is 6.10 Å². The predicted molar refractivity (Wildman–Crippen MR) is 67.9 cm³/mol. The highest BCUT2D eigenvalue weighted by atomic mass is 19.4. The number of halogens is 5. The highest BCUT2D eigenvalue weighted by molar-refractivity contribution is 5.97. The summed E-state index contributed by atoms with van der Waals surface area (Å²) in [5.74, 6) is -4.74. The molecule has 4 nitrogen and oxygen atoms in total. The second-order valence-electron chi connectivity index (χ2n) is 4.89. The van der Waals surface area contributed by atoms with Gasteiger partial charge in [-0.15, -0.1) is 0 Å². The number of nitrogens with one attached hydrogen (secondary N) is 2. The number of hydrogen-bond donors (Lipinski definition) is 2. The molecule has 0 spiro atoms. The van der Waals surface area contributed by atoms with Gasteiger partial charge in [-0.3, -0.25) is 4.79 Å². The van der Waals surface area contributed by atoms with Crippen LogP contribution in [0.3, 0.4) is 0 Å². The van der Waals surface area contributed by atoms with Crippen LogP contribution in [0.15, 0.2) is 18.2 Å². The maximum Gasteiger partial charge on any atom is 0.454 e. The number of rotatable bonds is 4. The fourth-order valence-corrected chi connectivity index (χ4v) is 1.83. The zero-order valence-corrected chi connectivity index (χ0v) is 11.4. The summed E-state index contributed by atoms with van der Waals surface area (Å²) < 4.78 is 66.8. The van der Waals surface area contributed by atoms with E-state index in [2.05, 4.69) is 10.6 Å². The van der Waals surface area contributed by atoms with Crippen molar-refractivity contribution in [3.63, 3.8) is 0 Å². The Morgan fingerprint density at radius 3 is 2.59 bits per heavy atom. The fraction of sp³-hybridized carbons (Fsp3) is 0.462. The van der Waals surface area contributed by atoms with Crippen molar-refractivity contribution in [2.24, 2.45) is 0 Å². The van der Waals surface area contributed by atoms with Crippen LogP contribution in [0, 0.1) is 0 Å². The van der Waals surface area contributed by atoms with Crippen molar-refractivity contribution < 1.29 is 31.5 Å². The molecule has 0 saturated heterocycles.